The van der Waals surface area contributed by atoms with Crippen LogP contribution < -0.4 is 0 Å². The highest BCUT2D eigenvalue weighted by molar-refractivity contribution is 5.55. The lowest BCUT2D eigenvalue weighted by molar-refractivity contribution is -0.385. The third-order valence-electron chi connectivity index (χ3n) is 3.58. The number of non-ortho nitro benzene ring substituents is 1. The van der Waals surface area contributed by atoms with Crippen LogP contribution in [0.1, 0.15) is 11.7 Å². The average molecular weight is 309 g/mol. The van der Waals surface area contributed by atoms with Crippen LogP contribution in [0.15, 0.2) is 67.0 Å². The molecule has 6 heteroatoms. The van der Waals surface area contributed by atoms with Gasteiger partial charge in [0.15, 0.2) is 0 Å². The van der Waals surface area contributed by atoms with Gasteiger partial charge in [0.05, 0.1) is 17.6 Å². The zero-order valence-electron chi connectivity index (χ0n) is 12.2. The maximum Gasteiger partial charge on any atom is 0.269 e. The lowest BCUT2D eigenvalue weighted by atomic mass is 10.1. The van der Waals surface area contributed by atoms with E-state index in [9.17, 15) is 15.2 Å². The maximum atomic E-state index is 10.8. The third kappa shape index (κ3) is 3.27. The van der Waals surface area contributed by atoms with Crippen molar-refractivity contribution in [3.05, 3.63) is 82.7 Å². The van der Waals surface area contributed by atoms with Gasteiger partial charge in [0.2, 0.25) is 0 Å². The molecule has 3 aromatic rings. The summed E-state index contributed by atoms with van der Waals surface area (Å²) >= 11 is 0. The van der Waals surface area contributed by atoms with E-state index in [2.05, 4.69) is 4.98 Å². The first-order valence-corrected chi connectivity index (χ1v) is 7.14. The summed E-state index contributed by atoms with van der Waals surface area (Å²) < 4.78 is 1.83. The molecule has 116 valence electrons. The number of hydrogen-bond donors (Lipinski definition) is 1. The van der Waals surface area contributed by atoms with Crippen molar-refractivity contribution in [3.8, 4) is 11.4 Å². The summed E-state index contributed by atoms with van der Waals surface area (Å²) in [5.41, 5.74) is 1.42. The fraction of sp³-hybridized carbons (Fsp3) is 0.118. The second-order valence-electron chi connectivity index (χ2n) is 5.14. The van der Waals surface area contributed by atoms with Crippen LogP contribution >= 0.6 is 0 Å². The summed E-state index contributed by atoms with van der Waals surface area (Å²) in [5.74, 6) is 0.745. The molecule has 0 fully saturated rings. The van der Waals surface area contributed by atoms with Gasteiger partial charge < -0.3 is 9.67 Å². The Labute approximate surface area is 132 Å². The van der Waals surface area contributed by atoms with Crippen LogP contribution in [0.4, 0.5) is 5.69 Å². The molecular formula is C17H15N3O3. The monoisotopic (exact) mass is 309 g/mol. The first kappa shape index (κ1) is 14.9. The molecule has 0 aliphatic carbocycles. The van der Waals surface area contributed by atoms with Crippen molar-refractivity contribution in [1.29, 1.82) is 0 Å². The highest BCUT2D eigenvalue weighted by atomic mass is 16.6. The number of nitro groups is 1. The van der Waals surface area contributed by atoms with Gasteiger partial charge in [0.25, 0.3) is 5.69 Å². The van der Waals surface area contributed by atoms with Crippen molar-refractivity contribution in [1.82, 2.24) is 9.55 Å². The summed E-state index contributed by atoms with van der Waals surface area (Å²) in [5, 5.41) is 21.2. The summed E-state index contributed by atoms with van der Waals surface area (Å²) in [6.45, 7) is 0.269. The molecule has 1 aromatic heterocycles. The van der Waals surface area contributed by atoms with Crippen molar-refractivity contribution >= 4 is 5.69 Å². The summed E-state index contributed by atoms with van der Waals surface area (Å²) in [6, 6.07) is 15.7. The van der Waals surface area contributed by atoms with E-state index in [1.807, 2.05) is 34.9 Å². The fourth-order valence-electron chi connectivity index (χ4n) is 2.44. The standard InChI is InChI=1S/C17H15N3O3/c21-16(14-7-4-8-15(11-14)20(22)23)12-19-10-9-18-17(19)13-5-2-1-3-6-13/h1-11,16,21H,12H2. The molecule has 2 aromatic carbocycles. The van der Waals surface area contributed by atoms with E-state index in [-0.39, 0.29) is 12.2 Å². The Balaban J connectivity index is 1.84. The lowest BCUT2D eigenvalue weighted by Crippen LogP contribution is -2.09. The highest BCUT2D eigenvalue weighted by Crippen LogP contribution is 2.23. The minimum atomic E-state index is -0.855. The van der Waals surface area contributed by atoms with E-state index in [0.29, 0.717) is 5.56 Å². The van der Waals surface area contributed by atoms with E-state index < -0.39 is 11.0 Å². The van der Waals surface area contributed by atoms with E-state index in [1.54, 1.807) is 24.5 Å². The summed E-state index contributed by atoms with van der Waals surface area (Å²) in [6.07, 6.45) is 2.59. The molecule has 0 saturated carbocycles. The van der Waals surface area contributed by atoms with Crippen LogP contribution in [-0.2, 0) is 6.54 Å². The smallest absolute Gasteiger partial charge is 0.269 e. The number of hydrogen-bond acceptors (Lipinski definition) is 4. The molecule has 0 spiro atoms. The molecule has 0 aliphatic heterocycles. The van der Waals surface area contributed by atoms with Crippen molar-refractivity contribution in [2.75, 3.05) is 0 Å². The molecule has 0 bridgehead atoms. The highest BCUT2D eigenvalue weighted by Gasteiger charge is 2.15. The number of imidazole rings is 1. The molecule has 1 atom stereocenters. The predicted octanol–water partition coefficient (Wildman–Crippen LogP) is 3.19. The Kier molecular flexibility index (Phi) is 4.16. The molecule has 1 N–H and O–H groups in total. The van der Waals surface area contributed by atoms with Crippen LogP contribution in [0.3, 0.4) is 0 Å². The fourth-order valence-corrected chi connectivity index (χ4v) is 2.44. The van der Waals surface area contributed by atoms with Gasteiger partial charge in [-0.05, 0) is 5.56 Å². The quantitative estimate of drug-likeness (QED) is 0.579. The number of nitrogens with zero attached hydrogens (tertiary/aromatic N) is 3. The molecule has 0 amide bonds. The van der Waals surface area contributed by atoms with Crippen molar-refractivity contribution < 1.29 is 10.0 Å². The van der Waals surface area contributed by atoms with Crippen LogP contribution in [0.5, 0.6) is 0 Å². The van der Waals surface area contributed by atoms with Gasteiger partial charge in [-0.25, -0.2) is 4.98 Å². The number of benzene rings is 2. The van der Waals surface area contributed by atoms with Crippen LogP contribution in [0, 0.1) is 10.1 Å². The number of aliphatic hydroxyl groups is 1. The van der Waals surface area contributed by atoms with Crippen molar-refractivity contribution in [2.45, 2.75) is 12.6 Å². The van der Waals surface area contributed by atoms with E-state index >= 15 is 0 Å². The first-order chi connectivity index (χ1) is 11.1. The van der Waals surface area contributed by atoms with Crippen molar-refractivity contribution in [2.24, 2.45) is 0 Å². The minimum absolute atomic E-state index is 0.0320. The van der Waals surface area contributed by atoms with Crippen LogP contribution in [0.25, 0.3) is 11.4 Å². The van der Waals surface area contributed by atoms with Gasteiger partial charge in [-0.1, -0.05) is 42.5 Å². The molecule has 0 aliphatic rings. The molecule has 0 radical (unpaired) electrons. The normalized spacial score (nSPS) is 12.0. The Morgan fingerprint density at radius 3 is 2.70 bits per heavy atom. The zero-order valence-corrected chi connectivity index (χ0v) is 12.2. The maximum absolute atomic E-state index is 10.8. The van der Waals surface area contributed by atoms with Crippen LogP contribution in [-0.4, -0.2) is 19.6 Å². The number of aromatic nitrogens is 2. The Hall–Kier alpha value is -2.99. The van der Waals surface area contributed by atoms with E-state index in [4.69, 9.17) is 0 Å². The number of nitro benzene ring substituents is 1. The third-order valence-corrected chi connectivity index (χ3v) is 3.58. The van der Waals surface area contributed by atoms with E-state index in [1.165, 1.54) is 12.1 Å². The Bertz CT molecular complexity index is 815. The topological polar surface area (TPSA) is 81.2 Å². The molecule has 1 unspecified atom stereocenters. The second-order valence-corrected chi connectivity index (χ2v) is 5.14. The van der Waals surface area contributed by atoms with E-state index in [0.717, 1.165) is 11.4 Å². The van der Waals surface area contributed by atoms with Gasteiger partial charge >= 0.3 is 0 Å². The zero-order chi connectivity index (χ0) is 16.2. The summed E-state index contributed by atoms with van der Waals surface area (Å²) in [7, 11) is 0. The SMILES string of the molecule is O=[N+]([O-])c1cccc(C(O)Cn2ccnc2-c2ccccc2)c1. The second kappa shape index (κ2) is 6.41. The Morgan fingerprint density at radius 1 is 1.17 bits per heavy atom. The first-order valence-electron chi connectivity index (χ1n) is 7.14. The number of aliphatic hydroxyl groups excluding tert-OH is 1. The van der Waals surface area contributed by atoms with Crippen LogP contribution in [0.2, 0.25) is 0 Å². The van der Waals surface area contributed by atoms with Gasteiger partial charge in [0, 0.05) is 30.1 Å². The average Bonchev–Trinajstić information content (AvgIpc) is 3.04. The minimum Gasteiger partial charge on any atom is -0.387 e. The van der Waals surface area contributed by atoms with Gasteiger partial charge in [-0.3, -0.25) is 10.1 Å². The summed E-state index contributed by atoms with van der Waals surface area (Å²) in [4.78, 5) is 14.7. The largest absolute Gasteiger partial charge is 0.387 e. The molecular weight excluding hydrogens is 294 g/mol. The Morgan fingerprint density at radius 2 is 1.96 bits per heavy atom. The predicted molar refractivity (Wildman–Crippen MR) is 85.7 cm³/mol. The molecule has 3 rings (SSSR count). The molecule has 1 heterocycles. The van der Waals surface area contributed by atoms with Gasteiger partial charge in [0.1, 0.15) is 5.82 Å². The lowest BCUT2D eigenvalue weighted by Gasteiger charge is -2.14. The van der Waals surface area contributed by atoms with Gasteiger partial charge in [-0.15, -0.1) is 0 Å². The van der Waals surface area contributed by atoms with Gasteiger partial charge in [-0.2, -0.15) is 0 Å². The molecule has 0 saturated heterocycles. The van der Waals surface area contributed by atoms with Crippen molar-refractivity contribution in [3.63, 3.8) is 0 Å². The molecule has 23 heavy (non-hydrogen) atoms. The molecule has 6 nitrogen and oxygen atoms in total. The number of rotatable bonds is 5.